The fraction of sp³-hybridized carbons (Fsp3) is 1.00. The predicted octanol–water partition coefficient (Wildman–Crippen LogP) is 1.03. The van der Waals surface area contributed by atoms with Gasteiger partial charge in [-0.15, -0.1) is 0 Å². The van der Waals surface area contributed by atoms with Crippen LogP contribution in [0.1, 0.15) is 26.7 Å². The van der Waals surface area contributed by atoms with E-state index in [-0.39, 0.29) is 0 Å². The van der Waals surface area contributed by atoms with Crippen LogP contribution in [0.25, 0.3) is 0 Å². The summed E-state index contributed by atoms with van der Waals surface area (Å²) in [6.07, 6.45) is 2.81. The van der Waals surface area contributed by atoms with Crippen molar-refractivity contribution in [3.8, 4) is 0 Å². The van der Waals surface area contributed by atoms with Crippen molar-refractivity contribution < 1.29 is 4.74 Å². The minimum atomic E-state index is 0.377. The normalized spacial score (nSPS) is 21.7. The Morgan fingerprint density at radius 2 is 2.11 bits per heavy atom. The lowest BCUT2D eigenvalue weighted by atomic mass is 10.2. The molecule has 0 saturated carbocycles. The molecule has 1 atom stereocenters. The van der Waals surface area contributed by atoms with E-state index in [9.17, 15) is 0 Å². The SMILES string of the molecule is CCCNC[C@H]1CN(CCN(C)CCC)CCO1. The van der Waals surface area contributed by atoms with Gasteiger partial charge in [-0.3, -0.25) is 4.90 Å². The van der Waals surface area contributed by atoms with Crippen LogP contribution in [0.4, 0.5) is 0 Å². The topological polar surface area (TPSA) is 27.7 Å². The quantitative estimate of drug-likeness (QED) is 0.624. The molecule has 4 heteroatoms. The maximum absolute atomic E-state index is 5.79. The van der Waals surface area contributed by atoms with E-state index in [2.05, 4.69) is 36.0 Å². The Kier molecular flexibility index (Phi) is 8.59. The number of nitrogens with one attached hydrogen (secondary N) is 1. The van der Waals surface area contributed by atoms with Crippen LogP contribution >= 0.6 is 0 Å². The molecule has 1 fully saturated rings. The van der Waals surface area contributed by atoms with Crippen LogP contribution in [0.3, 0.4) is 0 Å². The summed E-state index contributed by atoms with van der Waals surface area (Å²) in [7, 11) is 2.21. The minimum absolute atomic E-state index is 0.377. The number of nitrogens with zero attached hydrogens (tertiary/aromatic N) is 2. The molecule has 4 nitrogen and oxygen atoms in total. The maximum atomic E-state index is 5.79. The summed E-state index contributed by atoms with van der Waals surface area (Å²) >= 11 is 0. The van der Waals surface area contributed by atoms with Gasteiger partial charge in [0, 0.05) is 32.7 Å². The first-order valence-corrected chi connectivity index (χ1v) is 7.49. The third-order valence-electron chi connectivity index (χ3n) is 3.42. The van der Waals surface area contributed by atoms with E-state index in [0.29, 0.717) is 6.10 Å². The monoisotopic (exact) mass is 257 g/mol. The van der Waals surface area contributed by atoms with Crippen molar-refractivity contribution in [2.45, 2.75) is 32.8 Å². The zero-order chi connectivity index (χ0) is 13.2. The molecule has 0 spiro atoms. The molecule has 0 aromatic rings. The number of hydrogen-bond acceptors (Lipinski definition) is 4. The Balaban J connectivity index is 2.14. The highest BCUT2D eigenvalue weighted by Gasteiger charge is 2.19. The molecule has 1 aliphatic rings. The third-order valence-corrected chi connectivity index (χ3v) is 3.42. The fourth-order valence-corrected chi connectivity index (χ4v) is 2.35. The first-order valence-electron chi connectivity index (χ1n) is 7.49. The van der Waals surface area contributed by atoms with Gasteiger partial charge in [0.1, 0.15) is 0 Å². The van der Waals surface area contributed by atoms with Gasteiger partial charge in [0.15, 0.2) is 0 Å². The van der Waals surface area contributed by atoms with Gasteiger partial charge in [0.2, 0.25) is 0 Å². The predicted molar refractivity (Wildman–Crippen MR) is 77.1 cm³/mol. The van der Waals surface area contributed by atoms with E-state index in [1.165, 1.54) is 32.5 Å². The van der Waals surface area contributed by atoms with Crippen molar-refractivity contribution in [3.05, 3.63) is 0 Å². The van der Waals surface area contributed by atoms with Gasteiger partial charge < -0.3 is 15.0 Å². The Hall–Kier alpha value is -0.160. The standard InChI is InChI=1S/C14H31N3O/c1-4-6-15-12-14-13-17(10-11-18-14)9-8-16(3)7-5-2/h14-15H,4-13H2,1-3H3/t14-/m0/s1. The zero-order valence-corrected chi connectivity index (χ0v) is 12.5. The molecule has 0 aromatic heterocycles. The molecular weight excluding hydrogens is 226 g/mol. The Labute approximate surface area is 113 Å². The molecule has 1 rings (SSSR count). The summed E-state index contributed by atoms with van der Waals surface area (Å²) in [5.74, 6) is 0. The fourth-order valence-electron chi connectivity index (χ4n) is 2.35. The number of likely N-dealkylation sites (N-methyl/N-ethyl adjacent to an activating group) is 1. The second kappa shape index (κ2) is 9.73. The summed E-state index contributed by atoms with van der Waals surface area (Å²) in [6, 6.07) is 0. The molecule has 0 unspecified atom stereocenters. The lowest BCUT2D eigenvalue weighted by Gasteiger charge is -2.34. The average molecular weight is 257 g/mol. The van der Waals surface area contributed by atoms with Crippen LogP contribution in [0.15, 0.2) is 0 Å². The molecule has 0 bridgehead atoms. The molecule has 1 N–H and O–H groups in total. The van der Waals surface area contributed by atoms with Crippen molar-refractivity contribution in [1.82, 2.24) is 15.1 Å². The van der Waals surface area contributed by atoms with Gasteiger partial charge in [0.05, 0.1) is 12.7 Å². The molecule has 0 aromatic carbocycles. The summed E-state index contributed by atoms with van der Waals surface area (Å²) in [4.78, 5) is 4.95. The Morgan fingerprint density at radius 1 is 1.28 bits per heavy atom. The number of rotatable bonds is 9. The average Bonchev–Trinajstić information content (AvgIpc) is 2.38. The van der Waals surface area contributed by atoms with E-state index in [1.54, 1.807) is 0 Å². The highest BCUT2D eigenvalue weighted by molar-refractivity contribution is 4.74. The molecule has 1 saturated heterocycles. The van der Waals surface area contributed by atoms with Gasteiger partial charge in [-0.25, -0.2) is 0 Å². The second-order valence-electron chi connectivity index (χ2n) is 5.30. The molecule has 0 amide bonds. The van der Waals surface area contributed by atoms with Crippen LogP contribution in [0.2, 0.25) is 0 Å². The lowest BCUT2D eigenvalue weighted by molar-refractivity contribution is -0.0285. The number of morpholine rings is 1. The van der Waals surface area contributed by atoms with Crippen LogP contribution in [-0.2, 0) is 4.74 Å². The van der Waals surface area contributed by atoms with Crippen LogP contribution in [0, 0.1) is 0 Å². The van der Waals surface area contributed by atoms with Gasteiger partial charge in [-0.1, -0.05) is 13.8 Å². The van der Waals surface area contributed by atoms with E-state index >= 15 is 0 Å². The first kappa shape index (κ1) is 15.9. The summed E-state index contributed by atoms with van der Waals surface area (Å²) in [5.41, 5.74) is 0. The molecule has 1 heterocycles. The number of ether oxygens (including phenoxy) is 1. The van der Waals surface area contributed by atoms with Crippen molar-refractivity contribution in [2.24, 2.45) is 0 Å². The van der Waals surface area contributed by atoms with Gasteiger partial charge >= 0.3 is 0 Å². The first-order chi connectivity index (χ1) is 8.76. The number of hydrogen-bond donors (Lipinski definition) is 1. The molecule has 0 radical (unpaired) electrons. The summed E-state index contributed by atoms with van der Waals surface area (Å²) in [5, 5.41) is 3.45. The molecule has 18 heavy (non-hydrogen) atoms. The highest BCUT2D eigenvalue weighted by atomic mass is 16.5. The molecule has 108 valence electrons. The summed E-state index contributed by atoms with van der Waals surface area (Å²) in [6.45, 7) is 13.1. The summed E-state index contributed by atoms with van der Waals surface area (Å²) < 4.78 is 5.79. The maximum Gasteiger partial charge on any atom is 0.0826 e. The minimum Gasteiger partial charge on any atom is -0.374 e. The van der Waals surface area contributed by atoms with Crippen molar-refractivity contribution >= 4 is 0 Å². The van der Waals surface area contributed by atoms with Crippen molar-refractivity contribution in [1.29, 1.82) is 0 Å². The smallest absolute Gasteiger partial charge is 0.0826 e. The molecular formula is C14H31N3O. The highest BCUT2D eigenvalue weighted by Crippen LogP contribution is 2.04. The lowest BCUT2D eigenvalue weighted by Crippen LogP contribution is -2.48. The Morgan fingerprint density at radius 3 is 2.83 bits per heavy atom. The molecule has 1 aliphatic heterocycles. The van der Waals surface area contributed by atoms with E-state index in [0.717, 1.165) is 32.8 Å². The van der Waals surface area contributed by atoms with E-state index in [1.807, 2.05) is 0 Å². The van der Waals surface area contributed by atoms with Crippen LogP contribution in [-0.4, -0.2) is 75.4 Å². The Bertz CT molecular complexity index is 201. The van der Waals surface area contributed by atoms with Gasteiger partial charge in [-0.05, 0) is 33.0 Å². The van der Waals surface area contributed by atoms with E-state index in [4.69, 9.17) is 4.74 Å². The largest absolute Gasteiger partial charge is 0.374 e. The van der Waals surface area contributed by atoms with Gasteiger partial charge in [-0.2, -0.15) is 0 Å². The van der Waals surface area contributed by atoms with Crippen LogP contribution in [0.5, 0.6) is 0 Å². The van der Waals surface area contributed by atoms with Crippen molar-refractivity contribution in [2.75, 3.05) is 59.5 Å². The van der Waals surface area contributed by atoms with Crippen molar-refractivity contribution in [3.63, 3.8) is 0 Å². The van der Waals surface area contributed by atoms with Crippen LogP contribution < -0.4 is 5.32 Å². The third kappa shape index (κ3) is 6.69. The zero-order valence-electron chi connectivity index (χ0n) is 12.5. The van der Waals surface area contributed by atoms with Gasteiger partial charge in [0.25, 0.3) is 0 Å². The molecule has 0 aliphatic carbocycles. The second-order valence-corrected chi connectivity index (χ2v) is 5.30. The van der Waals surface area contributed by atoms with E-state index < -0.39 is 0 Å².